The minimum absolute atomic E-state index is 0. The molecule has 0 saturated carbocycles. The van der Waals surface area contributed by atoms with Crippen LogP contribution in [0.3, 0.4) is 0 Å². The van der Waals surface area contributed by atoms with E-state index >= 15 is 0 Å². The van der Waals surface area contributed by atoms with E-state index in [9.17, 15) is 0 Å². The molecule has 0 aliphatic carbocycles. The van der Waals surface area contributed by atoms with E-state index in [0.717, 1.165) is 0 Å². The van der Waals surface area contributed by atoms with E-state index < -0.39 is 0 Å². The van der Waals surface area contributed by atoms with Crippen LogP contribution in [0.15, 0.2) is 0 Å². The van der Waals surface area contributed by atoms with Crippen LogP contribution in [-0.4, -0.2) is 37.1 Å². The van der Waals surface area contributed by atoms with E-state index in [1.54, 1.807) is 0 Å². The zero-order chi connectivity index (χ0) is 17.2. The van der Waals surface area contributed by atoms with Gasteiger partial charge in [0.1, 0.15) is 0 Å². The summed E-state index contributed by atoms with van der Waals surface area (Å²) in [4.78, 5) is 0. The summed E-state index contributed by atoms with van der Waals surface area (Å²) in [6.07, 6.45) is 23.1. The SMILES string of the molecule is CCCCCCCCCCCCCCCC[N+](C)(C)CCCC.[OH-]. The third kappa shape index (κ3) is 20.0. The summed E-state index contributed by atoms with van der Waals surface area (Å²) in [5.41, 5.74) is 0. The van der Waals surface area contributed by atoms with Crippen LogP contribution in [0.25, 0.3) is 0 Å². The molecule has 0 aromatic carbocycles. The van der Waals surface area contributed by atoms with Crippen LogP contribution in [0.5, 0.6) is 0 Å². The Balaban J connectivity index is 0. The van der Waals surface area contributed by atoms with Crippen molar-refractivity contribution in [1.29, 1.82) is 0 Å². The molecule has 2 nitrogen and oxygen atoms in total. The summed E-state index contributed by atoms with van der Waals surface area (Å²) in [6.45, 7) is 7.33. The predicted octanol–water partition coefficient (Wildman–Crippen LogP) is 7.17. The summed E-state index contributed by atoms with van der Waals surface area (Å²) in [6, 6.07) is 0. The maximum Gasteiger partial charge on any atom is 0.0782 e. The molecular weight excluding hydrogens is 294 g/mol. The predicted molar refractivity (Wildman–Crippen MR) is 109 cm³/mol. The second-order valence-corrected chi connectivity index (χ2v) is 8.33. The lowest BCUT2D eigenvalue weighted by molar-refractivity contribution is -0.890. The number of unbranched alkanes of at least 4 members (excludes halogenated alkanes) is 14. The summed E-state index contributed by atoms with van der Waals surface area (Å²) >= 11 is 0. The third-order valence-electron chi connectivity index (χ3n) is 5.23. The topological polar surface area (TPSA) is 30.0 Å². The largest absolute Gasteiger partial charge is 0.870 e. The fourth-order valence-electron chi connectivity index (χ4n) is 3.43. The van der Waals surface area contributed by atoms with Crippen molar-refractivity contribution in [2.24, 2.45) is 0 Å². The molecule has 0 aromatic heterocycles. The Morgan fingerprint density at radius 1 is 0.417 bits per heavy atom. The van der Waals surface area contributed by atoms with Crippen molar-refractivity contribution in [3.05, 3.63) is 0 Å². The first-order valence-electron chi connectivity index (χ1n) is 10.9. The van der Waals surface area contributed by atoms with Crippen LogP contribution >= 0.6 is 0 Å². The second-order valence-electron chi connectivity index (χ2n) is 8.33. The molecule has 0 heterocycles. The molecule has 0 bridgehead atoms. The van der Waals surface area contributed by atoms with Gasteiger partial charge in [0.2, 0.25) is 0 Å². The molecule has 0 fully saturated rings. The first-order valence-corrected chi connectivity index (χ1v) is 10.9. The molecule has 0 radical (unpaired) electrons. The van der Waals surface area contributed by atoms with Crippen LogP contribution in [0.2, 0.25) is 0 Å². The molecule has 2 heteroatoms. The van der Waals surface area contributed by atoms with Gasteiger partial charge < -0.3 is 9.96 Å². The smallest absolute Gasteiger partial charge is 0.0782 e. The zero-order valence-corrected chi connectivity index (χ0v) is 17.6. The molecule has 148 valence electrons. The van der Waals surface area contributed by atoms with E-state index in [0.29, 0.717) is 0 Å². The van der Waals surface area contributed by atoms with Gasteiger partial charge in [0.25, 0.3) is 0 Å². The highest BCUT2D eigenvalue weighted by Gasteiger charge is 2.12. The van der Waals surface area contributed by atoms with Gasteiger partial charge in [0.15, 0.2) is 0 Å². The first kappa shape index (κ1) is 26.2. The highest BCUT2D eigenvalue weighted by Crippen LogP contribution is 2.13. The number of nitrogens with zero attached hydrogens (tertiary/aromatic N) is 1. The lowest BCUT2D eigenvalue weighted by Crippen LogP contribution is -2.41. The van der Waals surface area contributed by atoms with Crippen molar-refractivity contribution in [2.75, 3.05) is 27.2 Å². The standard InChI is InChI=1S/C22H48N.H2O/c1-5-7-9-10-11-12-13-14-15-16-17-18-19-20-22-23(3,4)21-8-6-2;/h5-22H2,1-4H3;1H2/q+1;/p-1. The molecule has 0 aromatic rings. The number of hydrogen-bond donors (Lipinski definition) is 0. The lowest BCUT2D eigenvalue weighted by atomic mass is 10.0. The maximum absolute atomic E-state index is 2.40. The van der Waals surface area contributed by atoms with Gasteiger partial charge in [0.05, 0.1) is 27.2 Å². The molecule has 0 amide bonds. The van der Waals surface area contributed by atoms with Crippen LogP contribution in [0.4, 0.5) is 0 Å². The molecular formula is C22H49NO. The minimum atomic E-state index is 0. The second kappa shape index (κ2) is 19.2. The van der Waals surface area contributed by atoms with Crippen molar-refractivity contribution in [3.8, 4) is 0 Å². The quantitative estimate of drug-likeness (QED) is 0.192. The van der Waals surface area contributed by atoms with Gasteiger partial charge in [-0.25, -0.2) is 0 Å². The van der Waals surface area contributed by atoms with Crippen molar-refractivity contribution in [1.82, 2.24) is 0 Å². The maximum atomic E-state index is 2.40. The highest BCUT2D eigenvalue weighted by atomic mass is 16.0. The molecule has 1 N–H and O–H groups in total. The van der Waals surface area contributed by atoms with Crippen molar-refractivity contribution < 1.29 is 9.96 Å². The van der Waals surface area contributed by atoms with Crippen molar-refractivity contribution >= 4 is 0 Å². The van der Waals surface area contributed by atoms with E-state index in [4.69, 9.17) is 0 Å². The normalized spacial score (nSPS) is 11.5. The highest BCUT2D eigenvalue weighted by molar-refractivity contribution is 4.49. The molecule has 0 aliphatic heterocycles. The molecule has 0 aliphatic rings. The molecule has 24 heavy (non-hydrogen) atoms. The minimum Gasteiger partial charge on any atom is -0.870 e. The monoisotopic (exact) mass is 343 g/mol. The fraction of sp³-hybridized carbons (Fsp3) is 1.00. The Hall–Kier alpha value is -0.0800. The molecule has 0 saturated heterocycles. The van der Waals surface area contributed by atoms with E-state index in [-0.39, 0.29) is 5.48 Å². The average Bonchev–Trinajstić information content (AvgIpc) is 2.53. The van der Waals surface area contributed by atoms with E-state index in [2.05, 4.69) is 27.9 Å². The van der Waals surface area contributed by atoms with Crippen LogP contribution in [0.1, 0.15) is 117 Å². The first-order chi connectivity index (χ1) is 11.1. The van der Waals surface area contributed by atoms with Crippen LogP contribution in [0, 0.1) is 0 Å². The Morgan fingerprint density at radius 3 is 1.08 bits per heavy atom. The lowest BCUT2D eigenvalue weighted by Gasteiger charge is -2.29. The molecule has 0 spiro atoms. The summed E-state index contributed by atoms with van der Waals surface area (Å²) in [7, 11) is 4.80. The Morgan fingerprint density at radius 2 is 0.708 bits per heavy atom. The Bertz CT molecular complexity index is 228. The van der Waals surface area contributed by atoms with Crippen molar-refractivity contribution in [3.63, 3.8) is 0 Å². The van der Waals surface area contributed by atoms with Gasteiger partial charge in [-0.3, -0.25) is 0 Å². The summed E-state index contributed by atoms with van der Waals surface area (Å²) < 4.78 is 1.23. The van der Waals surface area contributed by atoms with Gasteiger partial charge >= 0.3 is 0 Å². The number of quaternary nitrogens is 1. The Labute approximate surface area is 154 Å². The Kier molecular flexibility index (Phi) is 21.0. The van der Waals surface area contributed by atoms with Crippen molar-refractivity contribution in [2.45, 2.75) is 117 Å². The van der Waals surface area contributed by atoms with Gasteiger partial charge in [-0.15, -0.1) is 0 Å². The van der Waals surface area contributed by atoms with Gasteiger partial charge in [-0.05, 0) is 19.3 Å². The zero-order valence-electron chi connectivity index (χ0n) is 17.6. The van der Waals surface area contributed by atoms with Gasteiger partial charge in [-0.1, -0.05) is 97.3 Å². The van der Waals surface area contributed by atoms with Gasteiger partial charge in [0, 0.05) is 0 Å². The average molecular weight is 344 g/mol. The number of hydrogen-bond acceptors (Lipinski definition) is 1. The van der Waals surface area contributed by atoms with Crippen LogP contribution < -0.4 is 0 Å². The van der Waals surface area contributed by atoms with E-state index in [1.807, 2.05) is 0 Å². The van der Waals surface area contributed by atoms with Gasteiger partial charge in [-0.2, -0.15) is 0 Å². The number of rotatable bonds is 18. The summed E-state index contributed by atoms with van der Waals surface area (Å²) in [5.74, 6) is 0. The summed E-state index contributed by atoms with van der Waals surface area (Å²) in [5, 5.41) is 0. The fourth-order valence-corrected chi connectivity index (χ4v) is 3.43. The van der Waals surface area contributed by atoms with E-state index in [1.165, 1.54) is 120 Å². The molecule has 0 unspecified atom stereocenters. The van der Waals surface area contributed by atoms with Crippen LogP contribution in [-0.2, 0) is 0 Å². The molecule has 0 atom stereocenters. The third-order valence-corrected chi connectivity index (χ3v) is 5.23. The molecule has 0 rings (SSSR count).